The van der Waals surface area contributed by atoms with Gasteiger partial charge < -0.3 is 4.90 Å². The Bertz CT molecular complexity index is 432. The fourth-order valence-electron chi connectivity index (χ4n) is 2.26. The van der Waals surface area contributed by atoms with Crippen LogP contribution in [0, 0.1) is 5.92 Å². The summed E-state index contributed by atoms with van der Waals surface area (Å²) in [5, 5.41) is 0.930. The molecule has 1 aromatic rings. The predicted molar refractivity (Wildman–Crippen MR) is 78.2 cm³/mol. The van der Waals surface area contributed by atoms with Crippen molar-refractivity contribution >= 4 is 27.6 Å². The van der Waals surface area contributed by atoms with E-state index in [1.807, 2.05) is 30.1 Å². The number of rotatable bonds is 4. The minimum absolute atomic E-state index is 0.105. The van der Waals surface area contributed by atoms with E-state index < -0.39 is 0 Å². The summed E-state index contributed by atoms with van der Waals surface area (Å²) < 4.78 is 0. The van der Waals surface area contributed by atoms with Crippen molar-refractivity contribution in [3.05, 3.63) is 29.8 Å². The Kier molecular flexibility index (Phi) is 4.27. The van der Waals surface area contributed by atoms with E-state index in [1.54, 1.807) is 4.90 Å². The number of benzene rings is 1. The van der Waals surface area contributed by atoms with Gasteiger partial charge in [-0.25, -0.2) is 4.79 Å². The van der Waals surface area contributed by atoms with E-state index >= 15 is 0 Å². The summed E-state index contributed by atoms with van der Waals surface area (Å²) in [5.74, 6) is 0.494. The second-order valence-electron chi connectivity index (χ2n) is 4.81. The molecule has 1 atom stereocenters. The van der Waals surface area contributed by atoms with Crippen LogP contribution in [0.15, 0.2) is 24.3 Å². The molecule has 0 saturated carbocycles. The van der Waals surface area contributed by atoms with E-state index in [2.05, 4.69) is 28.9 Å². The predicted octanol–water partition coefficient (Wildman–Crippen LogP) is 3.48. The Hall–Kier alpha value is -1.03. The molecule has 0 spiro atoms. The standard InChI is InChI=1S/C14H19BrN2O/c1-3-11(8-15)9-17-13-7-5-4-6-12(13)10-16(2)14(17)18/h4-7,11H,3,8-10H2,1-2H3. The summed E-state index contributed by atoms with van der Waals surface area (Å²) in [4.78, 5) is 16.0. The Morgan fingerprint density at radius 2 is 2.11 bits per heavy atom. The third-order valence-electron chi connectivity index (χ3n) is 3.48. The first kappa shape index (κ1) is 13.4. The van der Waals surface area contributed by atoms with E-state index in [0.29, 0.717) is 12.5 Å². The lowest BCUT2D eigenvalue weighted by atomic mass is 10.1. The number of nitrogens with zero attached hydrogens (tertiary/aromatic N) is 2. The fraction of sp³-hybridized carbons (Fsp3) is 0.500. The number of anilines is 1. The molecule has 0 fully saturated rings. The van der Waals surface area contributed by atoms with Crippen LogP contribution in [0.1, 0.15) is 18.9 Å². The van der Waals surface area contributed by atoms with Gasteiger partial charge >= 0.3 is 6.03 Å². The molecule has 0 radical (unpaired) electrons. The third-order valence-corrected chi connectivity index (χ3v) is 4.40. The van der Waals surface area contributed by atoms with Gasteiger partial charge in [0.05, 0.1) is 5.69 Å². The molecule has 18 heavy (non-hydrogen) atoms. The first-order valence-electron chi connectivity index (χ1n) is 6.33. The Labute approximate surface area is 117 Å². The molecular formula is C14H19BrN2O. The lowest BCUT2D eigenvalue weighted by Gasteiger charge is -2.36. The van der Waals surface area contributed by atoms with Gasteiger partial charge in [0.15, 0.2) is 0 Å². The fourth-order valence-corrected chi connectivity index (χ4v) is 2.92. The molecule has 0 aromatic heterocycles. The molecule has 4 heteroatoms. The van der Waals surface area contributed by atoms with Crippen LogP contribution in [-0.4, -0.2) is 29.9 Å². The van der Waals surface area contributed by atoms with Crippen LogP contribution >= 0.6 is 15.9 Å². The van der Waals surface area contributed by atoms with Crippen molar-refractivity contribution in [1.29, 1.82) is 0 Å². The molecule has 2 amide bonds. The van der Waals surface area contributed by atoms with Gasteiger partial charge in [-0.15, -0.1) is 0 Å². The first-order valence-corrected chi connectivity index (χ1v) is 7.46. The molecular weight excluding hydrogens is 292 g/mol. The minimum Gasteiger partial charge on any atom is -0.323 e. The first-order chi connectivity index (χ1) is 8.67. The molecule has 98 valence electrons. The second-order valence-corrected chi connectivity index (χ2v) is 5.45. The summed E-state index contributed by atoms with van der Waals surface area (Å²) in [5.41, 5.74) is 2.30. The highest BCUT2D eigenvalue weighted by molar-refractivity contribution is 9.09. The third kappa shape index (κ3) is 2.53. The molecule has 1 unspecified atom stereocenters. The second kappa shape index (κ2) is 5.74. The van der Waals surface area contributed by atoms with E-state index in [4.69, 9.17) is 0 Å². The summed E-state index contributed by atoms with van der Waals surface area (Å²) in [7, 11) is 1.86. The van der Waals surface area contributed by atoms with E-state index in [-0.39, 0.29) is 6.03 Å². The normalized spacial score (nSPS) is 16.7. The van der Waals surface area contributed by atoms with Crippen molar-refractivity contribution < 1.29 is 4.79 Å². The largest absolute Gasteiger partial charge is 0.324 e. The number of hydrogen-bond acceptors (Lipinski definition) is 1. The van der Waals surface area contributed by atoms with Crippen LogP contribution < -0.4 is 4.90 Å². The molecule has 0 bridgehead atoms. The maximum atomic E-state index is 12.3. The highest BCUT2D eigenvalue weighted by Crippen LogP contribution is 2.28. The van der Waals surface area contributed by atoms with Crippen LogP contribution in [-0.2, 0) is 6.54 Å². The van der Waals surface area contributed by atoms with E-state index in [9.17, 15) is 4.79 Å². The van der Waals surface area contributed by atoms with Gasteiger partial charge in [-0.05, 0) is 17.5 Å². The highest BCUT2D eigenvalue weighted by Gasteiger charge is 2.28. The number of halogens is 1. The average molecular weight is 311 g/mol. The van der Waals surface area contributed by atoms with Crippen molar-refractivity contribution in [3.63, 3.8) is 0 Å². The smallest absolute Gasteiger partial charge is 0.323 e. The average Bonchev–Trinajstić information content (AvgIpc) is 2.40. The van der Waals surface area contributed by atoms with Gasteiger partial charge in [-0.2, -0.15) is 0 Å². The molecule has 3 nitrogen and oxygen atoms in total. The molecule has 1 heterocycles. The summed E-state index contributed by atoms with van der Waals surface area (Å²) in [6, 6.07) is 8.27. The van der Waals surface area contributed by atoms with Crippen LogP contribution in [0.4, 0.5) is 10.5 Å². The zero-order chi connectivity index (χ0) is 13.1. The number of carbonyl (C=O) groups is 1. The Morgan fingerprint density at radius 3 is 2.78 bits per heavy atom. The zero-order valence-electron chi connectivity index (χ0n) is 10.9. The van der Waals surface area contributed by atoms with Gasteiger partial charge in [0.1, 0.15) is 0 Å². The maximum Gasteiger partial charge on any atom is 0.324 e. The summed E-state index contributed by atoms with van der Waals surface area (Å²) in [6.07, 6.45) is 1.07. The van der Waals surface area contributed by atoms with Gasteiger partial charge in [0.2, 0.25) is 0 Å². The van der Waals surface area contributed by atoms with E-state index in [1.165, 1.54) is 5.56 Å². The SMILES string of the molecule is CCC(CBr)CN1C(=O)N(C)Cc2ccccc21. The summed E-state index contributed by atoms with van der Waals surface area (Å²) >= 11 is 3.53. The number of para-hydroxylation sites is 1. The van der Waals surface area contributed by atoms with Gasteiger partial charge in [0.25, 0.3) is 0 Å². The van der Waals surface area contributed by atoms with Crippen LogP contribution in [0.25, 0.3) is 0 Å². The number of hydrogen-bond donors (Lipinski definition) is 0. The molecule has 0 aliphatic carbocycles. The van der Waals surface area contributed by atoms with Crippen molar-refractivity contribution in [2.75, 3.05) is 23.8 Å². The van der Waals surface area contributed by atoms with Crippen LogP contribution in [0.3, 0.4) is 0 Å². The number of urea groups is 1. The topological polar surface area (TPSA) is 23.6 Å². The van der Waals surface area contributed by atoms with Gasteiger partial charge in [-0.3, -0.25) is 4.90 Å². The van der Waals surface area contributed by atoms with Crippen LogP contribution in [0.5, 0.6) is 0 Å². The summed E-state index contributed by atoms with van der Waals surface area (Å²) in [6.45, 7) is 3.65. The molecule has 1 aliphatic heterocycles. The number of alkyl halides is 1. The zero-order valence-corrected chi connectivity index (χ0v) is 12.5. The van der Waals surface area contributed by atoms with Gasteiger partial charge in [0, 0.05) is 25.5 Å². The maximum absolute atomic E-state index is 12.3. The number of carbonyl (C=O) groups excluding carboxylic acids is 1. The Morgan fingerprint density at radius 1 is 1.39 bits per heavy atom. The van der Waals surface area contributed by atoms with E-state index in [0.717, 1.165) is 24.0 Å². The lowest BCUT2D eigenvalue weighted by Crippen LogP contribution is -2.47. The number of fused-ring (bicyclic) bond motifs is 1. The van der Waals surface area contributed by atoms with Crippen molar-refractivity contribution in [3.8, 4) is 0 Å². The number of amides is 2. The molecule has 2 rings (SSSR count). The molecule has 1 aliphatic rings. The highest BCUT2D eigenvalue weighted by atomic mass is 79.9. The quantitative estimate of drug-likeness (QED) is 0.781. The molecule has 1 aromatic carbocycles. The van der Waals surface area contributed by atoms with Crippen LogP contribution in [0.2, 0.25) is 0 Å². The monoisotopic (exact) mass is 310 g/mol. The van der Waals surface area contributed by atoms with Crippen molar-refractivity contribution in [1.82, 2.24) is 4.90 Å². The minimum atomic E-state index is 0.105. The van der Waals surface area contributed by atoms with Crippen molar-refractivity contribution in [2.24, 2.45) is 5.92 Å². The Balaban J connectivity index is 2.29. The molecule has 0 N–H and O–H groups in total. The van der Waals surface area contributed by atoms with Crippen molar-refractivity contribution in [2.45, 2.75) is 19.9 Å². The van der Waals surface area contributed by atoms with Gasteiger partial charge in [-0.1, -0.05) is 47.5 Å². The lowest BCUT2D eigenvalue weighted by molar-refractivity contribution is 0.209. The molecule has 0 saturated heterocycles.